The van der Waals surface area contributed by atoms with E-state index in [2.05, 4.69) is 56.1 Å². The lowest BCUT2D eigenvalue weighted by atomic mass is 9.83. The third-order valence-electron chi connectivity index (χ3n) is 4.61. The zero-order chi connectivity index (χ0) is 16.9. The van der Waals surface area contributed by atoms with Crippen LogP contribution in [0.3, 0.4) is 0 Å². The second-order valence-electron chi connectivity index (χ2n) is 6.53. The number of aryl methyl sites for hydroxylation is 1. The van der Waals surface area contributed by atoms with Gasteiger partial charge >= 0.3 is 0 Å². The van der Waals surface area contributed by atoms with Crippen LogP contribution < -0.4 is 0 Å². The monoisotopic (exact) mass is 313 g/mol. The predicted octanol–water partition coefficient (Wildman–Crippen LogP) is 6.86. The molecular formula is C22H35N. The fraction of sp³-hybridized carbons (Fsp3) is 0.591. The zero-order valence-corrected chi connectivity index (χ0v) is 15.6. The minimum absolute atomic E-state index is 0.659. The highest BCUT2D eigenvalue weighted by Gasteiger charge is 2.16. The second kappa shape index (κ2) is 12.1. The van der Waals surface area contributed by atoms with Crippen LogP contribution in [0.2, 0.25) is 0 Å². The first-order valence-corrected chi connectivity index (χ1v) is 9.42. The van der Waals surface area contributed by atoms with E-state index in [0.29, 0.717) is 5.92 Å². The van der Waals surface area contributed by atoms with Gasteiger partial charge in [-0.05, 0) is 48.5 Å². The van der Waals surface area contributed by atoms with Gasteiger partial charge in [0.05, 0.1) is 0 Å². The van der Waals surface area contributed by atoms with Gasteiger partial charge in [-0.2, -0.15) is 0 Å². The van der Waals surface area contributed by atoms with Crippen LogP contribution in [-0.4, -0.2) is 13.3 Å². The van der Waals surface area contributed by atoms with E-state index in [-0.39, 0.29) is 0 Å². The van der Waals surface area contributed by atoms with Crippen molar-refractivity contribution in [3.8, 4) is 0 Å². The largest absolute Gasteiger partial charge is 0.297 e. The molecule has 0 unspecified atom stereocenters. The molecule has 0 heterocycles. The van der Waals surface area contributed by atoms with Crippen LogP contribution >= 0.6 is 0 Å². The van der Waals surface area contributed by atoms with Gasteiger partial charge in [0.15, 0.2) is 0 Å². The maximum Gasteiger partial charge on any atom is 0.0277 e. The quantitative estimate of drug-likeness (QED) is 0.313. The Bertz CT molecular complexity index is 475. The van der Waals surface area contributed by atoms with Crippen molar-refractivity contribution >= 4 is 11.8 Å². The Labute approximate surface area is 143 Å². The van der Waals surface area contributed by atoms with Crippen LogP contribution in [-0.2, 0) is 0 Å². The summed E-state index contributed by atoms with van der Waals surface area (Å²) in [5, 5.41) is 0. The molecule has 0 amide bonds. The second-order valence-corrected chi connectivity index (χ2v) is 6.53. The molecule has 128 valence electrons. The molecule has 0 atom stereocenters. The number of hydrogen-bond acceptors (Lipinski definition) is 1. The summed E-state index contributed by atoms with van der Waals surface area (Å²) in [5.41, 5.74) is 4.27. The van der Waals surface area contributed by atoms with E-state index in [0.717, 1.165) is 0 Å². The van der Waals surface area contributed by atoms with E-state index in [9.17, 15) is 0 Å². The molecule has 1 aromatic rings. The number of rotatable bonds is 11. The summed E-state index contributed by atoms with van der Waals surface area (Å²) in [6.45, 7) is 6.79. The van der Waals surface area contributed by atoms with Crippen LogP contribution in [0.15, 0.2) is 35.3 Å². The molecule has 0 saturated heterocycles. The Balaban J connectivity index is 3.02. The third kappa shape index (κ3) is 7.16. The van der Waals surface area contributed by atoms with E-state index in [1.165, 1.54) is 68.1 Å². The van der Waals surface area contributed by atoms with Gasteiger partial charge in [0.1, 0.15) is 0 Å². The Kier molecular flexibility index (Phi) is 10.4. The molecule has 0 radical (unpaired) electrons. The van der Waals surface area contributed by atoms with Crippen molar-refractivity contribution in [2.24, 2.45) is 10.9 Å². The molecule has 0 saturated carbocycles. The van der Waals surface area contributed by atoms with Gasteiger partial charge in [0, 0.05) is 13.3 Å². The number of aliphatic imine (C=N–C) groups is 1. The summed E-state index contributed by atoms with van der Waals surface area (Å²) < 4.78 is 0. The molecule has 0 bridgehead atoms. The first kappa shape index (κ1) is 19.7. The summed E-state index contributed by atoms with van der Waals surface area (Å²) in [4.78, 5) is 4.20. The number of benzene rings is 1. The molecule has 1 rings (SSSR count). The Hall–Kier alpha value is -1.37. The van der Waals surface area contributed by atoms with Gasteiger partial charge in [-0.1, -0.05) is 76.6 Å². The van der Waals surface area contributed by atoms with Crippen LogP contribution in [0.5, 0.6) is 0 Å². The molecule has 23 heavy (non-hydrogen) atoms. The smallest absolute Gasteiger partial charge is 0.0277 e. The lowest BCUT2D eigenvalue weighted by Gasteiger charge is -2.22. The lowest BCUT2D eigenvalue weighted by molar-refractivity contribution is 0.492. The van der Waals surface area contributed by atoms with Crippen molar-refractivity contribution in [2.45, 2.75) is 72.1 Å². The first-order chi connectivity index (χ1) is 11.2. The van der Waals surface area contributed by atoms with Crippen LogP contribution in [0.25, 0.3) is 5.57 Å². The van der Waals surface area contributed by atoms with Crippen LogP contribution in [0.1, 0.15) is 76.3 Å². The van der Waals surface area contributed by atoms with Gasteiger partial charge in [-0.3, -0.25) is 4.99 Å². The van der Waals surface area contributed by atoms with E-state index >= 15 is 0 Å². The van der Waals surface area contributed by atoms with E-state index in [1.807, 2.05) is 13.3 Å². The summed E-state index contributed by atoms with van der Waals surface area (Å²) in [6.07, 6.45) is 14.8. The van der Waals surface area contributed by atoms with E-state index in [1.54, 1.807) is 0 Å². The summed E-state index contributed by atoms with van der Waals surface area (Å²) in [5.74, 6) is 0.659. The number of hydrogen-bond donors (Lipinski definition) is 0. The highest BCUT2D eigenvalue weighted by Crippen LogP contribution is 2.33. The average Bonchev–Trinajstić information content (AvgIpc) is 2.56. The maximum absolute atomic E-state index is 4.20. The highest BCUT2D eigenvalue weighted by molar-refractivity contribution is 5.86. The van der Waals surface area contributed by atoms with Crippen molar-refractivity contribution in [2.75, 3.05) is 7.05 Å². The normalized spacial score (nSPS) is 12.5. The topological polar surface area (TPSA) is 12.4 Å². The van der Waals surface area contributed by atoms with Crippen molar-refractivity contribution in [1.82, 2.24) is 0 Å². The van der Waals surface area contributed by atoms with Crippen molar-refractivity contribution < 1.29 is 0 Å². The van der Waals surface area contributed by atoms with Gasteiger partial charge < -0.3 is 0 Å². The molecule has 0 spiro atoms. The molecule has 0 aliphatic carbocycles. The predicted molar refractivity (Wildman–Crippen MR) is 105 cm³/mol. The molecular weight excluding hydrogens is 278 g/mol. The van der Waals surface area contributed by atoms with E-state index in [4.69, 9.17) is 0 Å². The molecule has 0 fully saturated rings. The van der Waals surface area contributed by atoms with Crippen molar-refractivity contribution in [3.63, 3.8) is 0 Å². The van der Waals surface area contributed by atoms with Crippen LogP contribution in [0.4, 0.5) is 0 Å². The van der Waals surface area contributed by atoms with Gasteiger partial charge in [0.25, 0.3) is 0 Å². The zero-order valence-electron chi connectivity index (χ0n) is 15.6. The summed E-state index contributed by atoms with van der Waals surface area (Å²) in [7, 11) is 1.86. The van der Waals surface area contributed by atoms with Gasteiger partial charge in [0.2, 0.25) is 0 Å². The Morgan fingerprint density at radius 3 is 2.13 bits per heavy atom. The molecule has 0 aromatic heterocycles. The van der Waals surface area contributed by atoms with Crippen molar-refractivity contribution in [1.29, 1.82) is 0 Å². The Morgan fingerprint density at radius 2 is 1.61 bits per heavy atom. The third-order valence-corrected chi connectivity index (χ3v) is 4.61. The molecule has 1 nitrogen and oxygen atoms in total. The number of nitrogens with zero attached hydrogens (tertiary/aromatic N) is 1. The van der Waals surface area contributed by atoms with E-state index < -0.39 is 0 Å². The molecule has 0 N–H and O–H groups in total. The fourth-order valence-corrected chi connectivity index (χ4v) is 3.23. The summed E-state index contributed by atoms with van der Waals surface area (Å²) in [6, 6.07) is 8.79. The summed E-state index contributed by atoms with van der Waals surface area (Å²) >= 11 is 0. The minimum atomic E-state index is 0.659. The Morgan fingerprint density at radius 1 is 1.00 bits per heavy atom. The highest BCUT2D eigenvalue weighted by atomic mass is 14.6. The first-order valence-electron chi connectivity index (χ1n) is 9.42. The standard InChI is InChI=1S/C22H35N/c1-5-7-9-14-20(15-10-8-6-2)22(17-18-23-4)21-16-12-11-13-19(21)3/h11-13,16-18,20H,5-10,14-15H2,1-4H3/b22-17-,23-18-. The molecule has 1 aromatic carbocycles. The van der Waals surface area contributed by atoms with Crippen LogP contribution in [0, 0.1) is 12.8 Å². The SMILES string of the molecule is CCCCCC(CCCCC)/C(=C/C=N\C)c1ccccc1C. The molecule has 0 aliphatic rings. The lowest BCUT2D eigenvalue weighted by Crippen LogP contribution is -2.06. The maximum atomic E-state index is 4.20. The van der Waals surface area contributed by atoms with Gasteiger partial charge in [-0.15, -0.1) is 0 Å². The molecule has 1 heteroatoms. The molecule has 0 aliphatic heterocycles. The number of allylic oxidation sites excluding steroid dienone is 2. The average molecular weight is 314 g/mol. The van der Waals surface area contributed by atoms with Gasteiger partial charge in [-0.25, -0.2) is 0 Å². The van der Waals surface area contributed by atoms with Crippen molar-refractivity contribution in [3.05, 3.63) is 41.5 Å². The number of unbranched alkanes of at least 4 members (excludes halogenated alkanes) is 4. The minimum Gasteiger partial charge on any atom is -0.297 e. The fourth-order valence-electron chi connectivity index (χ4n) is 3.23.